The predicted molar refractivity (Wildman–Crippen MR) is 103 cm³/mol. The molecule has 0 saturated carbocycles. The van der Waals surface area contributed by atoms with Gasteiger partial charge in [-0.3, -0.25) is 9.59 Å². The summed E-state index contributed by atoms with van der Waals surface area (Å²) in [6.07, 6.45) is 1.71. The molecule has 0 bridgehead atoms. The Hall–Kier alpha value is -2.92. The molecule has 0 aliphatic heterocycles. The number of amides is 1. The summed E-state index contributed by atoms with van der Waals surface area (Å²) in [5, 5.41) is 2.86. The summed E-state index contributed by atoms with van der Waals surface area (Å²) in [7, 11) is 1.97. The van der Waals surface area contributed by atoms with Gasteiger partial charge in [-0.15, -0.1) is 0 Å². The highest BCUT2D eigenvalue weighted by atomic mass is 16.5. The third-order valence-corrected chi connectivity index (χ3v) is 3.83. The highest BCUT2D eigenvalue weighted by Gasteiger charge is 2.11. The highest BCUT2D eigenvalue weighted by molar-refractivity contribution is 5.95. The van der Waals surface area contributed by atoms with Gasteiger partial charge in [-0.05, 0) is 55.5 Å². The summed E-state index contributed by atoms with van der Waals surface area (Å²) in [6, 6.07) is 14.7. The van der Waals surface area contributed by atoms with Crippen LogP contribution in [-0.4, -0.2) is 31.9 Å². The van der Waals surface area contributed by atoms with E-state index in [0.717, 1.165) is 22.8 Å². The summed E-state index contributed by atoms with van der Waals surface area (Å²) in [4.78, 5) is 24.5. The average Bonchev–Trinajstić information content (AvgIpc) is 2.61. The first-order valence-corrected chi connectivity index (χ1v) is 8.52. The molecule has 0 radical (unpaired) electrons. The second-order valence-corrected chi connectivity index (χ2v) is 6.24. The van der Waals surface area contributed by atoms with E-state index in [9.17, 15) is 9.59 Å². The third kappa shape index (κ3) is 6.18. The molecule has 1 amide bonds. The number of nitrogens with one attached hydrogen (secondary N) is 2. The van der Waals surface area contributed by atoms with Gasteiger partial charge in [0.15, 0.2) is 12.3 Å². The molecule has 26 heavy (non-hydrogen) atoms. The summed E-state index contributed by atoms with van der Waals surface area (Å²) in [6.45, 7) is 6.71. The number of ether oxygens (including phenoxy) is 1. The van der Waals surface area contributed by atoms with Crippen molar-refractivity contribution in [2.75, 3.05) is 25.5 Å². The molecule has 1 atom stereocenters. The van der Waals surface area contributed by atoms with E-state index >= 15 is 0 Å². The lowest BCUT2D eigenvalue weighted by molar-refractivity contribution is -0.885. The van der Waals surface area contributed by atoms with Gasteiger partial charge in [0.05, 0.1) is 7.05 Å². The van der Waals surface area contributed by atoms with Gasteiger partial charge in [0, 0.05) is 16.8 Å². The van der Waals surface area contributed by atoms with Crippen LogP contribution in [0.15, 0.2) is 61.2 Å². The molecule has 5 heteroatoms. The van der Waals surface area contributed by atoms with E-state index in [1.807, 2.05) is 31.3 Å². The number of Topliss-reactive ketones (excluding diaryl/α,β-unsaturated/α-hetero) is 1. The normalized spacial score (nSPS) is 11.5. The van der Waals surface area contributed by atoms with Gasteiger partial charge in [0.25, 0.3) is 5.91 Å². The Kier molecular flexibility index (Phi) is 7.12. The number of rotatable bonds is 9. The molecule has 0 saturated heterocycles. The van der Waals surface area contributed by atoms with Crippen molar-refractivity contribution in [1.29, 1.82) is 0 Å². The van der Waals surface area contributed by atoms with E-state index in [1.165, 1.54) is 6.92 Å². The Morgan fingerprint density at radius 1 is 1.12 bits per heavy atom. The fourth-order valence-corrected chi connectivity index (χ4v) is 2.54. The lowest BCUT2D eigenvalue weighted by atomic mass is 10.1. The monoisotopic (exact) mass is 353 g/mol. The maximum atomic E-state index is 12.2. The van der Waals surface area contributed by atoms with Gasteiger partial charge >= 0.3 is 0 Å². The Morgan fingerprint density at radius 3 is 2.35 bits per heavy atom. The number of carbonyl (C=O) groups is 2. The number of anilines is 1. The van der Waals surface area contributed by atoms with E-state index in [1.54, 1.807) is 30.3 Å². The molecule has 0 spiro atoms. The van der Waals surface area contributed by atoms with Crippen molar-refractivity contribution < 1.29 is 19.2 Å². The van der Waals surface area contributed by atoms with Crippen LogP contribution < -0.4 is 15.0 Å². The molecular weight excluding hydrogens is 328 g/mol. The number of ketones is 1. The second-order valence-electron chi connectivity index (χ2n) is 6.24. The van der Waals surface area contributed by atoms with Crippen molar-refractivity contribution in [1.82, 2.24) is 0 Å². The zero-order chi connectivity index (χ0) is 18.9. The van der Waals surface area contributed by atoms with E-state index in [0.29, 0.717) is 24.4 Å². The quantitative estimate of drug-likeness (QED) is 0.536. The number of carbonyl (C=O) groups excluding carboxylic acids is 2. The minimum absolute atomic E-state index is 0.00738. The average molecular weight is 353 g/mol. The highest BCUT2D eigenvalue weighted by Crippen LogP contribution is 2.12. The Bertz CT molecular complexity index is 752. The molecular formula is C21H25N2O3+. The summed E-state index contributed by atoms with van der Waals surface area (Å²) < 4.78 is 5.46. The first kappa shape index (κ1) is 19.4. The minimum Gasteiger partial charge on any atom is -0.490 e. The van der Waals surface area contributed by atoms with E-state index in [2.05, 4.69) is 11.9 Å². The van der Waals surface area contributed by atoms with Crippen LogP contribution in [0.1, 0.15) is 22.8 Å². The molecule has 1 unspecified atom stereocenters. The zero-order valence-corrected chi connectivity index (χ0v) is 15.2. The van der Waals surface area contributed by atoms with Crippen LogP contribution in [0, 0.1) is 0 Å². The molecule has 2 aromatic rings. The number of likely N-dealkylation sites (N-methyl/N-ethyl adjacent to an activating group) is 1. The van der Waals surface area contributed by atoms with Crippen molar-refractivity contribution >= 4 is 17.4 Å². The smallest absolute Gasteiger partial charge is 0.279 e. The molecule has 136 valence electrons. The summed E-state index contributed by atoms with van der Waals surface area (Å²) in [5.74, 6) is 0.745. The fourth-order valence-electron chi connectivity index (χ4n) is 2.54. The van der Waals surface area contributed by atoms with Gasteiger partial charge in [0.2, 0.25) is 0 Å². The van der Waals surface area contributed by atoms with E-state index in [4.69, 9.17) is 4.74 Å². The minimum atomic E-state index is -0.0657. The SMILES string of the molecule is C=CCOc1ccc(C[NH+](C)CC(=O)Nc2ccc(C(C)=O)cc2)cc1. The van der Waals surface area contributed by atoms with E-state index < -0.39 is 0 Å². The molecule has 0 fully saturated rings. The lowest BCUT2D eigenvalue weighted by Crippen LogP contribution is -3.08. The van der Waals surface area contributed by atoms with Crippen LogP contribution in [0.3, 0.4) is 0 Å². The number of quaternary nitrogens is 1. The topological polar surface area (TPSA) is 59.8 Å². The van der Waals surface area contributed by atoms with Crippen LogP contribution in [0.2, 0.25) is 0 Å². The number of benzene rings is 2. The molecule has 2 rings (SSSR count). The molecule has 2 aromatic carbocycles. The predicted octanol–water partition coefficient (Wildman–Crippen LogP) is 2.11. The molecule has 0 aliphatic rings. The first-order valence-electron chi connectivity index (χ1n) is 8.52. The van der Waals surface area contributed by atoms with Crippen LogP contribution in [0.5, 0.6) is 5.75 Å². The van der Waals surface area contributed by atoms with Gasteiger partial charge < -0.3 is 15.0 Å². The van der Waals surface area contributed by atoms with Crippen LogP contribution in [0.25, 0.3) is 0 Å². The van der Waals surface area contributed by atoms with Crippen LogP contribution >= 0.6 is 0 Å². The lowest BCUT2D eigenvalue weighted by Gasteiger charge is -2.14. The molecule has 0 heterocycles. The largest absolute Gasteiger partial charge is 0.490 e. The van der Waals surface area contributed by atoms with Crippen LogP contribution in [-0.2, 0) is 11.3 Å². The van der Waals surface area contributed by atoms with Crippen molar-refractivity contribution in [3.8, 4) is 5.75 Å². The third-order valence-electron chi connectivity index (χ3n) is 3.83. The summed E-state index contributed by atoms with van der Waals surface area (Å²) in [5.41, 5.74) is 2.45. The molecule has 2 N–H and O–H groups in total. The van der Waals surface area contributed by atoms with Gasteiger partial charge in [-0.2, -0.15) is 0 Å². The van der Waals surface area contributed by atoms with Crippen molar-refractivity contribution in [3.63, 3.8) is 0 Å². The van der Waals surface area contributed by atoms with Crippen LogP contribution in [0.4, 0.5) is 5.69 Å². The molecule has 0 aromatic heterocycles. The fraction of sp³-hybridized carbons (Fsp3) is 0.238. The van der Waals surface area contributed by atoms with Crippen molar-refractivity contribution in [2.45, 2.75) is 13.5 Å². The van der Waals surface area contributed by atoms with E-state index in [-0.39, 0.29) is 11.7 Å². The number of hydrogen-bond donors (Lipinski definition) is 2. The summed E-state index contributed by atoms with van der Waals surface area (Å²) >= 11 is 0. The maximum absolute atomic E-state index is 12.2. The molecule has 0 aliphatic carbocycles. The number of hydrogen-bond acceptors (Lipinski definition) is 3. The Labute approximate surface area is 154 Å². The Balaban J connectivity index is 1.82. The zero-order valence-electron chi connectivity index (χ0n) is 15.2. The maximum Gasteiger partial charge on any atom is 0.279 e. The Morgan fingerprint density at radius 2 is 1.77 bits per heavy atom. The van der Waals surface area contributed by atoms with Gasteiger partial charge in [0.1, 0.15) is 18.9 Å². The van der Waals surface area contributed by atoms with Gasteiger partial charge in [-0.25, -0.2) is 0 Å². The van der Waals surface area contributed by atoms with Crippen molar-refractivity contribution in [2.24, 2.45) is 0 Å². The first-order chi connectivity index (χ1) is 12.5. The second kappa shape index (κ2) is 9.53. The van der Waals surface area contributed by atoms with Gasteiger partial charge in [-0.1, -0.05) is 12.7 Å². The standard InChI is InChI=1S/C21H24N2O3/c1-4-13-26-20-11-5-17(6-12-20)14-23(3)15-21(25)22-19-9-7-18(8-10-19)16(2)24/h4-12H,1,13-15H2,2-3H3,(H,22,25)/p+1. The van der Waals surface area contributed by atoms with Crippen molar-refractivity contribution in [3.05, 3.63) is 72.3 Å². The molecule has 5 nitrogen and oxygen atoms in total.